The van der Waals surface area contributed by atoms with E-state index in [1.54, 1.807) is 12.3 Å². The molecule has 4 nitrogen and oxygen atoms in total. The number of hydrogen-bond donors (Lipinski definition) is 1. The van der Waals surface area contributed by atoms with Gasteiger partial charge in [-0.05, 0) is 42.5 Å². The fourth-order valence-electron chi connectivity index (χ4n) is 2.84. The van der Waals surface area contributed by atoms with Gasteiger partial charge in [-0.1, -0.05) is 36.7 Å². The number of hydrogen-bond acceptors (Lipinski definition) is 3. The van der Waals surface area contributed by atoms with E-state index >= 15 is 0 Å². The van der Waals surface area contributed by atoms with Gasteiger partial charge < -0.3 is 10.2 Å². The van der Waals surface area contributed by atoms with Gasteiger partial charge in [0, 0.05) is 24.7 Å². The van der Waals surface area contributed by atoms with Crippen LogP contribution in [0.5, 0.6) is 0 Å². The number of aromatic nitrogens is 1. The van der Waals surface area contributed by atoms with Crippen molar-refractivity contribution in [1.82, 2.24) is 9.88 Å². The minimum Gasteiger partial charge on any atom is -0.380 e. The molecule has 126 valence electrons. The number of pyridine rings is 1. The van der Waals surface area contributed by atoms with Crippen LogP contribution >= 0.6 is 11.6 Å². The van der Waals surface area contributed by atoms with E-state index in [9.17, 15) is 4.79 Å². The lowest BCUT2D eigenvalue weighted by Crippen LogP contribution is -2.38. The first-order chi connectivity index (χ1) is 11.6. The van der Waals surface area contributed by atoms with E-state index in [-0.39, 0.29) is 5.91 Å². The highest BCUT2D eigenvalue weighted by molar-refractivity contribution is 6.31. The number of nitrogens with one attached hydrogen (secondary N) is 1. The zero-order valence-corrected chi connectivity index (χ0v) is 14.6. The molecule has 1 fully saturated rings. The molecule has 0 bridgehead atoms. The summed E-state index contributed by atoms with van der Waals surface area (Å²) in [5.41, 5.74) is 2.41. The van der Waals surface area contributed by atoms with Gasteiger partial charge in [0.15, 0.2) is 0 Å². The van der Waals surface area contributed by atoms with E-state index in [1.165, 1.54) is 0 Å². The molecule has 1 saturated heterocycles. The van der Waals surface area contributed by atoms with Crippen molar-refractivity contribution in [2.45, 2.75) is 26.3 Å². The number of rotatable bonds is 4. The Bertz CT molecular complexity index is 694. The number of benzene rings is 1. The quantitative estimate of drug-likeness (QED) is 0.904. The molecule has 1 N–H and O–H groups in total. The number of likely N-dealkylation sites (tertiary alicyclic amines) is 1. The van der Waals surface area contributed by atoms with Gasteiger partial charge in [0.1, 0.15) is 5.69 Å². The maximum atomic E-state index is 12.5. The molecule has 0 spiro atoms. The Morgan fingerprint density at radius 3 is 2.67 bits per heavy atom. The summed E-state index contributed by atoms with van der Waals surface area (Å²) in [5, 5.41) is 4.02. The van der Waals surface area contributed by atoms with Crippen molar-refractivity contribution >= 4 is 23.2 Å². The lowest BCUT2D eigenvalue weighted by Gasteiger charge is -2.30. The molecule has 0 unspecified atom stereocenters. The van der Waals surface area contributed by atoms with E-state index in [1.807, 2.05) is 35.2 Å². The summed E-state index contributed by atoms with van der Waals surface area (Å²) in [6.45, 7) is 4.51. The number of amides is 1. The van der Waals surface area contributed by atoms with E-state index < -0.39 is 0 Å². The average Bonchev–Trinajstić information content (AvgIpc) is 2.62. The van der Waals surface area contributed by atoms with Gasteiger partial charge in [-0.2, -0.15) is 0 Å². The largest absolute Gasteiger partial charge is 0.380 e. The summed E-state index contributed by atoms with van der Waals surface area (Å²) in [6.07, 6.45) is 3.85. The highest BCUT2D eigenvalue weighted by Crippen LogP contribution is 2.19. The fraction of sp³-hybridized carbons (Fsp3) is 0.368. The molecule has 3 rings (SSSR count). The van der Waals surface area contributed by atoms with Crippen molar-refractivity contribution in [1.29, 1.82) is 0 Å². The maximum absolute atomic E-state index is 12.5. The van der Waals surface area contributed by atoms with Gasteiger partial charge in [0.2, 0.25) is 0 Å². The van der Waals surface area contributed by atoms with Gasteiger partial charge in [-0.3, -0.25) is 4.79 Å². The summed E-state index contributed by atoms with van der Waals surface area (Å²) >= 11 is 6.15. The monoisotopic (exact) mass is 343 g/mol. The normalized spacial score (nSPS) is 15.3. The Hall–Kier alpha value is -2.07. The molecule has 1 aliphatic rings. The van der Waals surface area contributed by atoms with E-state index in [0.717, 1.165) is 42.2 Å². The van der Waals surface area contributed by atoms with Crippen LogP contribution in [0.3, 0.4) is 0 Å². The molecule has 24 heavy (non-hydrogen) atoms. The molecule has 2 heterocycles. The van der Waals surface area contributed by atoms with Crippen molar-refractivity contribution in [2.75, 3.05) is 18.4 Å². The van der Waals surface area contributed by atoms with Gasteiger partial charge in [-0.15, -0.1) is 0 Å². The summed E-state index contributed by atoms with van der Waals surface area (Å²) in [6, 6.07) is 11.4. The van der Waals surface area contributed by atoms with Crippen molar-refractivity contribution in [3.63, 3.8) is 0 Å². The first kappa shape index (κ1) is 16.8. The second kappa shape index (κ2) is 7.67. The van der Waals surface area contributed by atoms with Crippen LogP contribution in [0.4, 0.5) is 5.69 Å². The summed E-state index contributed by atoms with van der Waals surface area (Å²) < 4.78 is 0. The van der Waals surface area contributed by atoms with Crippen LogP contribution in [-0.2, 0) is 6.54 Å². The summed E-state index contributed by atoms with van der Waals surface area (Å²) in [5.74, 6) is 0.734. The van der Waals surface area contributed by atoms with Gasteiger partial charge in [0.05, 0.1) is 11.9 Å². The molecule has 1 aromatic carbocycles. The van der Waals surface area contributed by atoms with E-state index in [2.05, 4.69) is 17.2 Å². The van der Waals surface area contributed by atoms with Crippen molar-refractivity contribution in [2.24, 2.45) is 5.92 Å². The highest BCUT2D eigenvalue weighted by Gasteiger charge is 2.22. The zero-order chi connectivity index (χ0) is 16.9. The van der Waals surface area contributed by atoms with Gasteiger partial charge in [-0.25, -0.2) is 4.98 Å². The predicted octanol–water partition coefficient (Wildman–Crippen LogP) is 4.22. The minimum atomic E-state index is 0.0274. The van der Waals surface area contributed by atoms with E-state index in [0.29, 0.717) is 18.2 Å². The third-order valence-corrected chi connectivity index (χ3v) is 4.86. The molecule has 1 aromatic heterocycles. The van der Waals surface area contributed by atoms with Crippen LogP contribution in [0.15, 0.2) is 42.6 Å². The number of nitrogens with zero attached hydrogens (tertiary/aromatic N) is 2. The summed E-state index contributed by atoms with van der Waals surface area (Å²) in [7, 11) is 0. The van der Waals surface area contributed by atoms with Crippen molar-refractivity contribution < 1.29 is 4.79 Å². The molecule has 0 atom stereocenters. The standard InChI is InChI=1S/C19H22ClN3O/c1-14-8-10-23(11-9-14)19(24)18-7-6-16(13-22-18)21-12-15-4-2-3-5-17(15)20/h2-7,13-14,21H,8-12H2,1H3. The molecule has 0 saturated carbocycles. The van der Waals surface area contributed by atoms with Crippen LogP contribution < -0.4 is 5.32 Å². The third-order valence-electron chi connectivity index (χ3n) is 4.49. The Morgan fingerprint density at radius 2 is 2.00 bits per heavy atom. The summed E-state index contributed by atoms with van der Waals surface area (Å²) in [4.78, 5) is 18.7. The molecule has 0 aliphatic carbocycles. The Kier molecular flexibility index (Phi) is 5.36. The molecular weight excluding hydrogens is 322 g/mol. The molecule has 5 heteroatoms. The van der Waals surface area contributed by atoms with Crippen molar-refractivity contribution in [3.05, 3.63) is 58.9 Å². The fourth-order valence-corrected chi connectivity index (χ4v) is 3.04. The molecule has 2 aromatic rings. The smallest absolute Gasteiger partial charge is 0.272 e. The lowest BCUT2D eigenvalue weighted by atomic mass is 9.99. The molecule has 1 amide bonds. The number of halogens is 1. The Balaban J connectivity index is 1.59. The Morgan fingerprint density at radius 1 is 1.25 bits per heavy atom. The first-order valence-corrected chi connectivity index (χ1v) is 8.74. The minimum absolute atomic E-state index is 0.0274. The number of carbonyl (C=O) groups excluding carboxylic acids is 1. The topological polar surface area (TPSA) is 45.2 Å². The molecule has 0 radical (unpaired) electrons. The average molecular weight is 344 g/mol. The first-order valence-electron chi connectivity index (χ1n) is 8.36. The van der Waals surface area contributed by atoms with Crippen LogP contribution in [-0.4, -0.2) is 28.9 Å². The number of piperidine rings is 1. The number of carbonyl (C=O) groups is 1. The second-order valence-corrected chi connectivity index (χ2v) is 6.76. The third kappa shape index (κ3) is 4.06. The SMILES string of the molecule is CC1CCN(C(=O)c2ccc(NCc3ccccc3Cl)cn2)CC1. The highest BCUT2D eigenvalue weighted by atomic mass is 35.5. The van der Waals surface area contributed by atoms with Crippen LogP contribution in [0.25, 0.3) is 0 Å². The van der Waals surface area contributed by atoms with Crippen molar-refractivity contribution in [3.8, 4) is 0 Å². The van der Waals surface area contributed by atoms with Crippen LogP contribution in [0.2, 0.25) is 5.02 Å². The number of anilines is 1. The Labute approximate surface area is 147 Å². The lowest BCUT2D eigenvalue weighted by molar-refractivity contribution is 0.0691. The van der Waals surface area contributed by atoms with Gasteiger partial charge >= 0.3 is 0 Å². The zero-order valence-electron chi connectivity index (χ0n) is 13.8. The van der Waals surface area contributed by atoms with E-state index in [4.69, 9.17) is 11.6 Å². The molecule has 1 aliphatic heterocycles. The van der Waals surface area contributed by atoms with Crippen LogP contribution in [0, 0.1) is 5.92 Å². The maximum Gasteiger partial charge on any atom is 0.272 e. The van der Waals surface area contributed by atoms with Gasteiger partial charge in [0.25, 0.3) is 5.91 Å². The predicted molar refractivity (Wildman–Crippen MR) is 97.3 cm³/mol. The van der Waals surface area contributed by atoms with Crippen LogP contribution in [0.1, 0.15) is 35.8 Å². The second-order valence-electron chi connectivity index (χ2n) is 6.35. The molecular formula is C19H22ClN3O.